The van der Waals surface area contributed by atoms with Gasteiger partial charge in [0.1, 0.15) is 12.4 Å². The third-order valence-corrected chi connectivity index (χ3v) is 4.08. The Hall–Kier alpha value is -2.65. The molecule has 148 valence electrons. The third kappa shape index (κ3) is 6.54. The van der Waals surface area contributed by atoms with Crippen molar-refractivity contribution in [1.29, 1.82) is 0 Å². The Bertz CT molecular complexity index is 692. The molecule has 0 bridgehead atoms. The number of nitrogens with zero attached hydrogens (tertiary/aromatic N) is 1. The van der Waals surface area contributed by atoms with Crippen LogP contribution in [-0.4, -0.2) is 55.0 Å². The number of halogens is 4. The predicted octanol–water partition coefficient (Wildman–Crippen LogP) is 1.47. The Labute approximate surface area is 152 Å². The molecule has 1 atom stereocenters. The molecule has 27 heavy (non-hydrogen) atoms. The van der Waals surface area contributed by atoms with Crippen LogP contribution in [-0.2, 0) is 9.59 Å². The molecule has 1 aromatic carbocycles. The number of hydrogen-bond acceptors (Lipinski definition) is 3. The predicted molar refractivity (Wildman–Crippen MR) is 87.1 cm³/mol. The van der Waals surface area contributed by atoms with Gasteiger partial charge >= 0.3 is 6.18 Å². The van der Waals surface area contributed by atoms with Crippen molar-refractivity contribution in [3.63, 3.8) is 0 Å². The van der Waals surface area contributed by atoms with Crippen molar-refractivity contribution < 1.29 is 31.9 Å². The fourth-order valence-corrected chi connectivity index (χ4v) is 2.72. The number of carbonyl (C=O) groups excluding carboxylic acids is 3. The van der Waals surface area contributed by atoms with E-state index < -0.39 is 42.8 Å². The Morgan fingerprint density at radius 3 is 2.41 bits per heavy atom. The molecule has 6 nitrogen and oxygen atoms in total. The second-order valence-electron chi connectivity index (χ2n) is 6.21. The van der Waals surface area contributed by atoms with Gasteiger partial charge in [-0.15, -0.1) is 0 Å². The maximum absolute atomic E-state index is 13.0. The highest BCUT2D eigenvalue weighted by Gasteiger charge is 2.30. The smallest absolute Gasteiger partial charge is 0.347 e. The van der Waals surface area contributed by atoms with E-state index in [-0.39, 0.29) is 12.5 Å². The van der Waals surface area contributed by atoms with E-state index in [1.54, 1.807) is 5.32 Å². The summed E-state index contributed by atoms with van der Waals surface area (Å²) in [5.74, 6) is -2.83. The van der Waals surface area contributed by atoms with Gasteiger partial charge in [-0.2, -0.15) is 13.2 Å². The maximum atomic E-state index is 13.0. The quantitative estimate of drug-likeness (QED) is 0.749. The van der Waals surface area contributed by atoms with E-state index in [9.17, 15) is 31.9 Å². The lowest BCUT2D eigenvalue weighted by Gasteiger charge is -2.32. The zero-order valence-corrected chi connectivity index (χ0v) is 14.3. The molecular weight excluding hydrogens is 370 g/mol. The molecule has 1 unspecified atom stereocenters. The third-order valence-electron chi connectivity index (χ3n) is 4.08. The van der Waals surface area contributed by atoms with Crippen LogP contribution in [0.2, 0.25) is 0 Å². The summed E-state index contributed by atoms with van der Waals surface area (Å²) in [5.41, 5.74) is 0.295. The molecule has 3 amide bonds. The molecule has 1 aliphatic rings. The molecule has 2 rings (SSSR count). The van der Waals surface area contributed by atoms with Gasteiger partial charge in [-0.25, -0.2) is 4.39 Å². The van der Waals surface area contributed by atoms with Crippen molar-refractivity contribution in [2.45, 2.75) is 19.0 Å². The summed E-state index contributed by atoms with van der Waals surface area (Å²) in [7, 11) is 0. The van der Waals surface area contributed by atoms with Crippen molar-refractivity contribution in [3.05, 3.63) is 35.6 Å². The van der Waals surface area contributed by atoms with Crippen LogP contribution in [0, 0.1) is 11.7 Å². The lowest BCUT2D eigenvalue weighted by molar-refractivity contribution is -0.138. The number of benzene rings is 1. The highest BCUT2D eigenvalue weighted by molar-refractivity contribution is 5.94. The lowest BCUT2D eigenvalue weighted by atomic mass is 9.96. The van der Waals surface area contributed by atoms with Crippen LogP contribution in [0.5, 0.6) is 0 Å². The van der Waals surface area contributed by atoms with Gasteiger partial charge in [0.15, 0.2) is 0 Å². The largest absolute Gasteiger partial charge is 0.405 e. The summed E-state index contributed by atoms with van der Waals surface area (Å²) in [6, 6.07) is 5.04. The highest BCUT2D eigenvalue weighted by Crippen LogP contribution is 2.19. The number of amides is 3. The van der Waals surface area contributed by atoms with Crippen molar-refractivity contribution in [2.75, 3.05) is 26.2 Å². The summed E-state index contributed by atoms with van der Waals surface area (Å²) in [6.07, 6.45) is -3.47. The topological polar surface area (TPSA) is 78.5 Å². The van der Waals surface area contributed by atoms with Gasteiger partial charge in [0.25, 0.3) is 5.91 Å². The molecule has 0 radical (unpaired) electrons. The molecule has 2 N–H and O–H groups in total. The minimum Gasteiger partial charge on any atom is -0.347 e. The summed E-state index contributed by atoms with van der Waals surface area (Å²) in [4.78, 5) is 37.4. The first kappa shape index (κ1) is 20.7. The van der Waals surface area contributed by atoms with Crippen molar-refractivity contribution in [3.8, 4) is 0 Å². The maximum Gasteiger partial charge on any atom is 0.405 e. The van der Waals surface area contributed by atoms with E-state index in [0.29, 0.717) is 24.9 Å². The van der Waals surface area contributed by atoms with E-state index in [1.807, 2.05) is 0 Å². The number of piperidine rings is 1. The molecule has 0 saturated carbocycles. The Morgan fingerprint density at radius 1 is 1.11 bits per heavy atom. The van der Waals surface area contributed by atoms with Crippen LogP contribution >= 0.6 is 0 Å². The Morgan fingerprint density at radius 2 is 1.78 bits per heavy atom. The minimum atomic E-state index is -4.52. The average Bonchev–Trinajstić information content (AvgIpc) is 2.64. The number of alkyl halides is 3. The normalized spacial score (nSPS) is 17.3. The number of likely N-dealkylation sites (tertiary alicyclic amines) is 1. The fourth-order valence-electron chi connectivity index (χ4n) is 2.72. The van der Waals surface area contributed by atoms with Gasteiger partial charge in [-0.3, -0.25) is 14.4 Å². The zero-order valence-electron chi connectivity index (χ0n) is 14.3. The van der Waals surface area contributed by atoms with Crippen LogP contribution < -0.4 is 10.6 Å². The van der Waals surface area contributed by atoms with Gasteiger partial charge in [-0.05, 0) is 37.1 Å². The van der Waals surface area contributed by atoms with E-state index in [1.165, 1.54) is 29.2 Å². The summed E-state index contributed by atoms with van der Waals surface area (Å²) in [6.45, 7) is -1.49. The van der Waals surface area contributed by atoms with Gasteiger partial charge in [0.05, 0.1) is 12.5 Å². The first-order chi connectivity index (χ1) is 12.7. The van der Waals surface area contributed by atoms with E-state index in [0.717, 1.165) is 0 Å². The fraction of sp³-hybridized carbons (Fsp3) is 0.471. The first-order valence-electron chi connectivity index (χ1n) is 8.32. The first-order valence-corrected chi connectivity index (χ1v) is 8.32. The highest BCUT2D eigenvalue weighted by atomic mass is 19.4. The standard InChI is InChI=1S/C17H19F4N3O3/c18-13-5-3-11(4-6-13)16(27)24-7-1-2-12(9-24)15(26)22-8-14(25)23-10-17(19,20)21/h3-6,12H,1-2,7-10H2,(H,22,26)(H,23,25). The number of nitrogens with one attached hydrogen (secondary N) is 2. The molecule has 1 fully saturated rings. The lowest BCUT2D eigenvalue weighted by Crippen LogP contribution is -2.47. The summed E-state index contributed by atoms with van der Waals surface area (Å²) in [5, 5.41) is 3.95. The van der Waals surface area contributed by atoms with E-state index >= 15 is 0 Å². The summed E-state index contributed by atoms with van der Waals surface area (Å²) < 4.78 is 49.0. The Balaban J connectivity index is 1.84. The van der Waals surface area contributed by atoms with Crippen LogP contribution in [0.4, 0.5) is 17.6 Å². The number of rotatable bonds is 5. The van der Waals surface area contributed by atoms with Crippen molar-refractivity contribution in [1.82, 2.24) is 15.5 Å². The van der Waals surface area contributed by atoms with E-state index in [2.05, 4.69) is 5.32 Å². The second kappa shape index (κ2) is 8.83. The molecular formula is C17H19F4N3O3. The molecule has 1 saturated heterocycles. The number of carbonyl (C=O) groups is 3. The van der Waals surface area contributed by atoms with Crippen molar-refractivity contribution in [2.24, 2.45) is 5.92 Å². The molecule has 1 heterocycles. The average molecular weight is 389 g/mol. The summed E-state index contributed by atoms with van der Waals surface area (Å²) >= 11 is 0. The molecule has 0 spiro atoms. The van der Waals surface area contributed by atoms with Crippen LogP contribution in [0.3, 0.4) is 0 Å². The van der Waals surface area contributed by atoms with Gasteiger partial charge in [0, 0.05) is 18.7 Å². The van der Waals surface area contributed by atoms with Crippen LogP contribution in [0.25, 0.3) is 0 Å². The minimum absolute atomic E-state index is 0.117. The molecule has 1 aromatic rings. The molecule has 10 heteroatoms. The van der Waals surface area contributed by atoms with E-state index in [4.69, 9.17) is 0 Å². The molecule has 1 aliphatic heterocycles. The molecule has 0 aromatic heterocycles. The Kier molecular flexibility index (Phi) is 6.75. The van der Waals surface area contributed by atoms with Gasteiger partial charge in [0.2, 0.25) is 11.8 Å². The van der Waals surface area contributed by atoms with Crippen LogP contribution in [0.1, 0.15) is 23.2 Å². The van der Waals surface area contributed by atoms with Gasteiger partial charge < -0.3 is 15.5 Å². The molecule has 0 aliphatic carbocycles. The van der Waals surface area contributed by atoms with Gasteiger partial charge in [-0.1, -0.05) is 0 Å². The monoisotopic (exact) mass is 389 g/mol. The zero-order chi connectivity index (χ0) is 20.0. The van der Waals surface area contributed by atoms with Crippen LogP contribution in [0.15, 0.2) is 24.3 Å². The second-order valence-corrected chi connectivity index (χ2v) is 6.21. The van der Waals surface area contributed by atoms with Crippen molar-refractivity contribution >= 4 is 17.7 Å². The number of hydrogen-bond donors (Lipinski definition) is 2. The SMILES string of the molecule is O=C(CNC(=O)C1CCCN(C(=O)c2ccc(F)cc2)C1)NCC(F)(F)F.